The average molecular weight is 258 g/mol. The highest BCUT2D eigenvalue weighted by Gasteiger charge is 2.34. The molecule has 0 saturated carbocycles. The van der Waals surface area contributed by atoms with Crippen molar-refractivity contribution in [2.24, 2.45) is 5.73 Å². The molecule has 0 fully saturated rings. The van der Waals surface area contributed by atoms with E-state index in [4.69, 9.17) is 10.5 Å². The zero-order valence-corrected chi connectivity index (χ0v) is 12.2. The molecule has 5 nitrogen and oxygen atoms in total. The third-order valence-corrected chi connectivity index (χ3v) is 2.75. The molecule has 0 bridgehead atoms. The number of hydrogen-bond donors (Lipinski definition) is 1. The zero-order valence-electron chi connectivity index (χ0n) is 12.2. The van der Waals surface area contributed by atoms with E-state index in [9.17, 15) is 9.59 Å². The van der Waals surface area contributed by atoms with Gasteiger partial charge in [0.1, 0.15) is 6.54 Å². The Labute approximate surface area is 110 Å². The van der Waals surface area contributed by atoms with Crippen LogP contribution in [0.5, 0.6) is 0 Å². The van der Waals surface area contributed by atoms with Crippen LogP contribution in [0, 0.1) is 0 Å². The second-order valence-electron chi connectivity index (χ2n) is 5.00. The van der Waals surface area contributed by atoms with Gasteiger partial charge >= 0.3 is 5.97 Å². The van der Waals surface area contributed by atoms with Gasteiger partial charge in [-0.15, -0.1) is 0 Å². The SMILES string of the molecule is CCCC(C)(N)C(=O)N(CC(=O)OCC)C(C)C. The quantitative estimate of drug-likeness (QED) is 0.699. The van der Waals surface area contributed by atoms with Crippen molar-refractivity contribution in [2.75, 3.05) is 13.2 Å². The smallest absolute Gasteiger partial charge is 0.325 e. The lowest BCUT2D eigenvalue weighted by molar-refractivity contribution is -0.152. The summed E-state index contributed by atoms with van der Waals surface area (Å²) in [5.74, 6) is -0.598. The van der Waals surface area contributed by atoms with Crippen LogP contribution < -0.4 is 5.73 Å². The van der Waals surface area contributed by atoms with Crippen LogP contribution in [-0.4, -0.2) is 41.5 Å². The third-order valence-electron chi connectivity index (χ3n) is 2.75. The Kier molecular flexibility index (Phi) is 6.91. The number of carbonyl (C=O) groups is 2. The normalized spacial score (nSPS) is 14.2. The minimum atomic E-state index is -0.925. The highest BCUT2D eigenvalue weighted by molar-refractivity contribution is 5.88. The first kappa shape index (κ1) is 16.9. The van der Waals surface area contributed by atoms with Gasteiger partial charge in [0, 0.05) is 6.04 Å². The standard InChI is InChI=1S/C13H26N2O3/c1-6-8-13(5,14)12(17)15(10(3)4)9-11(16)18-7-2/h10H,6-9,14H2,1-5H3. The van der Waals surface area contributed by atoms with Crippen LogP contribution in [-0.2, 0) is 14.3 Å². The third kappa shape index (κ3) is 5.04. The van der Waals surface area contributed by atoms with Gasteiger partial charge in [0.25, 0.3) is 0 Å². The fourth-order valence-corrected chi connectivity index (χ4v) is 1.79. The molecule has 1 amide bonds. The molecule has 0 rings (SSSR count). The Morgan fingerprint density at radius 2 is 1.89 bits per heavy atom. The summed E-state index contributed by atoms with van der Waals surface area (Å²) in [6.45, 7) is 9.42. The first-order valence-corrected chi connectivity index (χ1v) is 6.51. The maximum absolute atomic E-state index is 12.3. The highest BCUT2D eigenvalue weighted by atomic mass is 16.5. The molecule has 1 unspecified atom stereocenters. The number of carbonyl (C=O) groups excluding carboxylic acids is 2. The van der Waals surface area contributed by atoms with E-state index in [0.717, 1.165) is 6.42 Å². The van der Waals surface area contributed by atoms with E-state index < -0.39 is 11.5 Å². The Bertz CT molecular complexity index is 288. The van der Waals surface area contributed by atoms with Gasteiger partial charge in [-0.05, 0) is 34.1 Å². The predicted molar refractivity (Wildman–Crippen MR) is 71.0 cm³/mol. The number of nitrogens with zero attached hydrogens (tertiary/aromatic N) is 1. The Morgan fingerprint density at radius 3 is 2.28 bits per heavy atom. The van der Waals surface area contributed by atoms with E-state index in [2.05, 4.69) is 0 Å². The van der Waals surface area contributed by atoms with Crippen LogP contribution in [0.15, 0.2) is 0 Å². The number of nitrogens with two attached hydrogens (primary N) is 1. The Hall–Kier alpha value is -1.10. The van der Waals surface area contributed by atoms with Crippen LogP contribution in [0.1, 0.15) is 47.5 Å². The molecule has 18 heavy (non-hydrogen) atoms. The van der Waals surface area contributed by atoms with Crippen LogP contribution in [0.4, 0.5) is 0 Å². The summed E-state index contributed by atoms with van der Waals surface area (Å²) < 4.78 is 4.87. The van der Waals surface area contributed by atoms with Gasteiger partial charge in [0.15, 0.2) is 0 Å². The van der Waals surface area contributed by atoms with E-state index in [1.165, 1.54) is 4.90 Å². The van der Waals surface area contributed by atoms with Gasteiger partial charge in [0.05, 0.1) is 12.1 Å². The maximum atomic E-state index is 12.3. The van der Waals surface area contributed by atoms with Crippen molar-refractivity contribution in [3.63, 3.8) is 0 Å². The summed E-state index contributed by atoms with van der Waals surface area (Å²) in [4.78, 5) is 25.3. The van der Waals surface area contributed by atoms with Crippen molar-refractivity contribution in [2.45, 2.75) is 59.0 Å². The summed E-state index contributed by atoms with van der Waals surface area (Å²) in [7, 11) is 0. The van der Waals surface area contributed by atoms with Crippen molar-refractivity contribution in [3.05, 3.63) is 0 Å². The first-order valence-electron chi connectivity index (χ1n) is 6.51. The minimum absolute atomic E-state index is 0.0408. The van der Waals surface area contributed by atoms with Crippen molar-refractivity contribution >= 4 is 11.9 Å². The van der Waals surface area contributed by atoms with Crippen molar-refractivity contribution in [1.29, 1.82) is 0 Å². The van der Waals surface area contributed by atoms with Crippen molar-refractivity contribution in [1.82, 2.24) is 4.90 Å². The van der Waals surface area contributed by atoms with Crippen LogP contribution in [0.2, 0.25) is 0 Å². The summed E-state index contributed by atoms with van der Waals surface area (Å²) >= 11 is 0. The zero-order chi connectivity index (χ0) is 14.3. The second-order valence-corrected chi connectivity index (χ2v) is 5.00. The van der Waals surface area contributed by atoms with Gasteiger partial charge in [-0.3, -0.25) is 9.59 Å². The summed E-state index contributed by atoms with van der Waals surface area (Å²) in [5.41, 5.74) is 5.09. The molecule has 0 aliphatic carbocycles. The lowest BCUT2D eigenvalue weighted by atomic mass is 9.95. The molecular formula is C13H26N2O3. The molecule has 0 heterocycles. The van der Waals surface area contributed by atoms with Crippen molar-refractivity contribution in [3.8, 4) is 0 Å². The monoisotopic (exact) mass is 258 g/mol. The predicted octanol–water partition coefficient (Wildman–Crippen LogP) is 1.30. The van der Waals surface area contributed by atoms with Crippen molar-refractivity contribution < 1.29 is 14.3 Å². The number of rotatable bonds is 7. The number of hydrogen-bond acceptors (Lipinski definition) is 4. The number of ether oxygens (including phenoxy) is 1. The number of amides is 1. The molecule has 0 aliphatic rings. The highest BCUT2D eigenvalue weighted by Crippen LogP contribution is 2.15. The Balaban J connectivity index is 4.79. The molecule has 0 saturated heterocycles. The summed E-state index contributed by atoms with van der Waals surface area (Å²) in [6, 6.07) is -0.0818. The lowest BCUT2D eigenvalue weighted by Crippen LogP contribution is -2.56. The van der Waals surface area contributed by atoms with Crippen LogP contribution in [0.3, 0.4) is 0 Å². The van der Waals surface area contributed by atoms with E-state index in [0.29, 0.717) is 13.0 Å². The summed E-state index contributed by atoms with van der Waals surface area (Å²) in [5, 5.41) is 0. The van der Waals surface area contributed by atoms with E-state index in [1.807, 2.05) is 20.8 Å². The van der Waals surface area contributed by atoms with Crippen LogP contribution in [0.25, 0.3) is 0 Å². The topological polar surface area (TPSA) is 72.6 Å². The maximum Gasteiger partial charge on any atom is 0.325 e. The lowest BCUT2D eigenvalue weighted by Gasteiger charge is -2.33. The molecule has 0 aromatic heterocycles. The van der Waals surface area contributed by atoms with Gasteiger partial charge in [-0.1, -0.05) is 13.3 Å². The molecule has 0 aromatic carbocycles. The first-order chi connectivity index (χ1) is 8.26. The van der Waals surface area contributed by atoms with Gasteiger partial charge < -0.3 is 15.4 Å². The molecule has 0 radical (unpaired) electrons. The summed E-state index contributed by atoms with van der Waals surface area (Å²) in [6.07, 6.45) is 1.42. The average Bonchev–Trinajstić information content (AvgIpc) is 2.24. The van der Waals surface area contributed by atoms with E-state index in [1.54, 1.807) is 13.8 Å². The number of esters is 1. The second kappa shape index (κ2) is 7.36. The Morgan fingerprint density at radius 1 is 1.33 bits per heavy atom. The van der Waals surface area contributed by atoms with Gasteiger partial charge in [0.2, 0.25) is 5.91 Å². The van der Waals surface area contributed by atoms with Gasteiger partial charge in [-0.2, -0.15) is 0 Å². The fourth-order valence-electron chi connectivity index (χ4n) is 1.79. The molecular weight excluding hydrogens is 232 g/mol. The molecule has 5 heteroatoms. The molecule has 0 spiro atoms. The largest absolute Gasteiger partial charge is 0.465 e. The van der Waals surface area contributed by atoms with E-state index >= 15 is 0 Å². The molecule has 1 atom stereocenters. The minimum Gasteiger partial charge on any atom is -0.465 e. The van der Waals surface area contributed by atoms with Crippen LogP contribution >= 0.6 is 0 Å². The molecule has 0 aliphatic heterocycles. The molecule has 2 N–H and O–H groups in total. The fraction of sp³-hybridized carbons (Fsp3) is 0.846. The van der Waals surface area contributed by atoms with E-state index in [-0.39, 0.29) is 18.5 Å². The molecule has 0 aromatic rings. The molecule has 106 valence electrons. The van der Waals surface area contributed by atoms with Gasteiger partial charge in [-0.25, -0.2) is 0 Å².